The highest BCUT2D eigenvalue weighted by molar-refractivity contribution is 7.80. The molecule has 3 aromatic rings. The lowest BCUT2D eigenvalue weighted by Gasteiger charge is -2.11. The summed E-state index contributed by atoms with van der Waals surface area (Å²) < 4.78 is 18.1. The molecule has 0 aliphatic carbocycles. The molecular weight excluding hydrogens is 355 g/mol. The molecule has 0 atom stereocenters. The quantitative estimate of drug-likeness (QED) is 0.484. The molecule has 132 valence electrons. The van der Waals surface area contributed by atoms with E-state index in [-0.39, 0.29) is 10.9 Å². The Labute approximate surface area is 154 Å². The third kappa shape index (κ3) is 4.04. The number of nitrogens with zero attached hydrogens (tertiary/aromatic N) is 1. The smallest absolute Gasteiger partial charge is 0.275 e. The van der Waals surface area contributed by atoms with E-state index in [0.717, 1.165) is 5.56 Å². The number of halogens is 1. The van der Waals surface area contributed by atoms with Gasteiger partial charge in [-0.25, -0.2) is 4.39 Å². The van der Waals surface area contributed by atoms with Crippen LogP contribution in [0.4, 0.5) is 10.1 Å². The number of aromatic nitrogens is 1. The standard InChI is InChI=1S/C18H15FN4O2S/c1-11-15(16(23-25-11)12-5-3-2-4-6-12)17(24)21-22-18(26)20-14-9-7-13(19)8-10-14/h2-10H,1H3,(H,21,24)(H2,20,22,26). The number of aryl methyl sites for hydroxylation is 1. The van der Waals surface area contributed by atoms with E-state index in [1.165, 1.54) is 24.3 Å². The first-order valence-electron chi connectivity index (χ1n) is 7.69. The monoisotopic (exact) mass is 370 g/mol. The van der Waals surface area contributed by atoms with Crippen molar-refractivity contribution in [1.82, 2.24) is 16.0 Å². The number of hydrogen-bond donors (Lipinski definition) is 3. The van der Waals surface area contributed by atoms with Crippen molar-refractivity contribution in [2.75, 3.05) is 5.32 Å². The minimum absolute atomic E-state index is 0.153. The largest absolute Gasteiger partial charge is 0.360 e. The highest BCUT2D eigenvalue weighted by atomic mass is 32.1. The van der Waals surface area contributed by atoms with Crippen LogP contribution in [0.1, 0.15) is 16.1 Å². The fourth-order valence-corrected chi connectivity index (χ4v) is 2.47. The summed E-state index contributed by atoms with van der Waals surface area (Å²) in [5.74, 6) is -0.398. The van der Waals surface area contributed by atoms with E-state index < -0.39 is 5.91 Å². The van der Waals surface area contributed by atoms with Crippen molar-refractivity contribution in [3.63, 3.8) is 0 Å². The van der Waals surface area contributed by atoms with Gasteiger partial charge in [0.15, 0.2) is 5.11 Å². The van der Waals surface area contributed by atoms with Crippen LogP contribution in [0.25, 0.3) is 11.3 Å². The fraction of sp³-hybridized carbons (Fsp3) is 0.0556. The van der Waals surface area contributed by atoms with Crippen LogP contribution in [0.2, 0.25) is 0 Å². The maximum atomic E-state index is 12.9. The van der Waals surface area contributed by atoms with Gasteiger partial charge in [-0.2, -0.15) is 0 Å². The van der Waals surface area contributed by atoms with Crippen molar-refractivity contribution in [1.29, 1.82) is 0 Å². The third-order valence-electron chi connectivity index (χ3n) is 3.53. The Kier molecular flexibility index (Phi) is 5.23. The Balaban J connectivity index is 1.66. The minimum atomic E-state index is -0.439. The Morgan fingerprint density at radius 1 is 1.08 bits per heavy atom. The summed E-state index contributed by atoms with van der Waals surface area (Å²) in [6.07, 6.45) is 0. The van der Waals surface area contributed by atoms with Crippen LogP contribution < -0.4 is 16.2 Å². The second-order valence-corrected chi connectivity index (χ2v) is 5.78. The zero-order valence-electron chi connectivity index (χ0n) is 13.7. The molecule has 0 fully saturated rings. The van der Waals surface area contributed by atoms with Crippen LogP contribution in [0.15, 0.2) is 59.1 Å². The van der Waals surface area contributed by atoms with E-state index in [0.29, 0.717) is 22.7 Å². The van der Waals surface area contributed by atoms with Crippen molar-refractivity contribution in [2.45, 2.75) is 6.92 Å². The summed E-state index contributed by atoms with van der Waals surface area (Å²) in [6.45, 7) is 1.66. The summed E-state index contributed by atoms with van der Waals surface area (Å²) in [5.41, 5.74) is 7.21. The van der Waals surface area contributed by atoms with Crippen molar-refractivity contribution in [3.8, 4) is 11.3 Å². The number of rotatable bonds is 3. The molecule has 6 nitrogen and oxygen atoms in total. The van der Waals surface area contributed by atoms with Crippen LogP contribution in [0.3, 0.4) is 0 Å². The molecule has 0 unspecified atom stereocenters. The zero-order chi connectivity index (χ0) is 18.5. The number of hydrogen-bond acceptors (Lipinski definition) is 4. The molecule has 26 heavy (non-hydrogen) atoms. The average molecular weight is 370 g/mol. The van der Waals surface area contributed by atoms with Gasteiger partial charge < -0.3 is 9.84 Å². The van der Waals surface area contributed by atoms with Crippen LogP contribution in [-0.2, 0) is 0 Å². The summed E-state index contributed by atoms with van der Waals surface area (Å²) in [7, 11) is 0. The number of benzene rings is 2. The molecule has 3 rings (SSSR count). The molecule has 2 aromatic carbocycles. The summed E-state index contributed by atoms with van der Waals surface area (Å²) >= 11 is 5.11. The van der Waals surface area contributed by atoms with Gasteiger partial charge in [0.25, 0.3) is 5.91 Å². The van der Waals surface area contributed by atoms with Gasteiger partial charge in [0, 0.05) is 11.3 Å². The Bertz CT molecular complexity index is 926. The van der Waals surface area contributed by atoms with Crippen molar-refractivity contribution in [2.24, 2.45) is 0 Å². The first kappa shape index (κ1) is 17.6. The van der Waals surface area contributed by atoms with Gasteiger partial charge in [-0.1, -0.05) is 35.5 Å². The molecule has 0 spiro atoms. The predicted molar refractivity (Wildman–Crippen MR) is 99.9 cm³/mol. The first-order valence-corrected chi connectivity index (χ1v) is 8.10. The molecule has 0 aliphatic rings. The van der Waals surface area contributed by atoms with E-state index in [1.807, 2.05) is 30.3 Å². The molecule has 0 bridgehead atoms. The molecule has 1 aromatic heterocycles. The lowest BCUT2D eigenvalue weighted by Crippen LogP contribution is -2.44. The van der Waals surface area contributed by atoms with Crippen LogP contribution in [-0.4, -0.2) is 16.2 Å². The normalized spacial score (nSPS) is 10.2. The molecule has 0 saturated carbocycles. The Morgan fingerprint density at radius 2 is 1.77 bits per heavy atom. The molecule has 0 aliphatic heterocycles. The number of thiocarbonyl (C=S) groups is 1. The number of anilines is 1. The molecule has 0 radical (unpaired) electrons. The first-order chi connectivity index (χ1) is 12.5. The van der Waals surface area contributed by atoms with Gasteiger partial charge in [0.05, 0.1) is 0 Å². The van der Waals surface area contributed by atoms with Gasteiger partial charge in [0.1, 0.15) is 22.8 Å². The van der Waals surface area contributed by atoms with Crippen molar-refractivity contribution < 1.29 is 13.7 Å². The Morgan fingerprint density at radius 3 is 2.46 bits per heavy atom. The van der Waals surface area contributed by atoms with E-state index in [9.17, 15) is 9.18 Å². The summed E-state index contributed by atoms with van der Waals surface area (Å²) in [4.78, 5) is 12.5. The number of nitrogens with one attached hydrogen (secondary N) is 3. The van der Waals surface area contributed by atoms with Gasteiger partial charge in [-0.05, 0) is 43.4 Å². The van der Waals surface area contributed by atoms with Gasteiger partial charge in [-0.15, -0.1) is 0 Å². The summed E-state index contributed by atoms with van der Waals surface area (Å²) in [6, 6.07) is 14.9. The number of amides is 1. The molecular formula is C18H15FN4O2S. The summed E-state index contributed by atoms with van der Waals surface area (Å²) in [5, 5.41) is 6.95. The van der Waals surface area contributed by atoms with Crippen LogP contribution in [0, 0.1) is 12.7 Å². The zero-order valence-corrected chi connectivity index (χ0v) is 14.6. The maximum absolute atomic E-state index is 12.9. The lowest BCUT2D eigenvalue weighted by atomic mass is 10.1. The molecule has 0 saturated heterocycles. The maximum Gasteiger partial charge on any atom is 0.275 e. The molecule has 3 N–H and O–H groups in total. The van der Waals surface area contributed by atoms with E-state index in [2.05, 4.69) is 21.3 Å². The van der Waals surface area contributed by atoms with Crippen LogP contribution >= 0.6 is 12.2 Å². The van der Waals surface area contributed by atoms with E-state index in [1.54, 1.807) is 6.92 Å². The minimum Gasteiger partial charge on any atom is -0.360 e. The molecule has 1 heterocycles. The second kappa shape index (κ2) is 7.75. The third-order valence-corrected chi connectivity index (χ3v) is 3.73. The van der Waals surface area contributed by atoms with Crippen molar-refractivity contribution in [3.05, 3.63) is 71.7 Å². The number of hydrazine groups is 1. The predicted octanol–water partition coefficient (Wildman–Crippen LogP) is 3.42. The van der Waals surface area contributed by atoms with Gasteiger partial charge >= 0.3 is 0 Å². The number of carbonyl (C=O) groups excluding carboxylic acids is 1. The Hall–Kier alpha value is -3.26. The molecule has 1 amide bonds. The highest BCUT2D eigenvalue weighted by Gasteiger charge is 2.21. The SMILES string of the molecule is Cc1onc(-c2ccccc2)c1C(=O)NNC(=S)Nc1ccc(F)cc1. The van der Waals surface area contributed by atoms with E-state index >= 15 is 0 Å². The topological polar surface area (TPSA) is 79.2 Å². The average Bonchev–Trinajstić information content (AvgIpc) is 3.04. The van der Waals surface area contributed by atoms with Crippen molar-refractivity contribution >= 4 is 28.9 Å². The van der Waals surface area contributed by atoms with Gasteiger partial charge in [-0.3, -0.25) is 15.6 Å². The lowest BCUT2D eigenvalue weighted by molar-refractivity contribution is 0.0943. The highest BCUT2D eigenvalue weighted by Crippen LogP contribution is 2.24. The fourth-order valence-electron chi connectivity index (χ4n) is 2.30. The number of carbonyl (C=O) groups is 1. The van der Waals surface area contributed by atoms with Gasteiger partial charge in [0.2, 0.25) is 0 Å². The van der Waals surface area contributed by atoms with E-state index in [4.69, 9.17) is 16.7 Å². The molecule has 8 heteroatoms. The van der Waals surface area contributed by atoms with Crippen LogP contribution in [0.5, 0.6) is 0 Å². The second-order valence-electron chi connectivity index (χ2n) is 5.37.